The zero-order chi connectivity index (χ0) is 9.94. The summed E-state index contributed by atoms with van der Waals surface area (Å²) in [5, 5.41) is 0. The average Bonchev–Trinajstić information content (AvgIpc) is 2.09. The first kappa shape index (κ1) is 18.2. The van der Waals surface area contributed by atoms with Gasteiger partial charge in [-0.25, -0.2) is 0 Å². The molecular formula is C10H21KOS2. The van der Waals surface area contributed by atoms with Gasteiger partial charge in [0.1, 0.15) is 0 Å². The Labute approximate surface area is 142 Å². The Morgan fingerprint density at radius 1 is 1.07 bits per heavy atom. The molecule has 14 heavy (non-hydrogen) atoms. The third-order valence-corrected chi connectivity index (χ3v) is 2.22. The van der Waals surface area contributed by atoms with E-state index >= 15 is 0 Å². The molecule has 4 heteroatoms. The second-order valence-electron chi connectivity index (χ2n) is 3.24. The topological polar surface area (TPSA) is 9.23 Å². The van der Waals surface area contributed by atoms with E-state index in [1.165, 1.54) is 38.5 Å². The van der Waals surface area contributed by atoms with Crippen LogP contribution in [0.1, 0.15) is 51.9 Å². The standard InChI is InChI=1S/C10H20OS2.K.H/c1-2-3-4-5-6-7-8-9-11-10(12)13;;/h2-9H2,1H3,(H,12,13);;. The molecule has 0 aromatic heterocycles. The van der Waals surface area contributed by atoms with Crippen molar-refractivity contribution in [3.05, 3.63) is 0 Å². The summed E-state index contributed by atoms with van der Waals surface area (Å²) in [5.41, 5.74) is 0. The first-order valence-electron chi connectivity index (χ1n) is 5.13. The van der Waals surface area contributed by atoms with Crippen molar-refractivity contribution in [2.24, 2.45) is 0 Å². The molecule has 1 nitrogen and oxygen atoms in total. The van der Waals surface area contributed by atoms with Crippen molar-refractivity contribution in [1.82, 2.24) is 0 Å². The summed E-state index contributed by atoms with van der Waals surface area (Å²) >= 11 is 8.55. The Balaban J connectivity index is 0. The van der Waals surface area contributed by atoms with Gasteiger partial charge in [0.05, 0.1) is 6.61 Å². The average molecular weight is 261 g/mol. The molecule has 0 amide bonds. The second-order valence-corrected chi connectivity index (χ2v) is 4.32. The second kappa shape index (κ2) is 14.9. The van der Waals surface area contributed by atoms with Gasteiger partial charge in [-0.1, -0.05) is 58.1 Å². The number of thiocarbonyl (C=S) groups is 1. The molecule has 0 spiro atoms. The van der Waals surface area contributed by atoms with Gasteiger partial charge in [0.25, 0.3) is 0 Å². The van der Waals surface area contributed by atoms with Crippen LogP contribution in [0.5, 0.6) is 0 Å². The molecule has 0 fully saturated rings. The quantitative estimate of drug-likeness (QED) is 0.310. The summed E-state index contributed by atoms with van der Waals surface area (Å²) in [5.74, 6) is 0. The van der Waals surface area contributed by atoms with Crippen LogP contribution in [0.4, 0.5) is 0 Å². The fraction of sp³-hybridized carbons (Fsp3) is 0.900. The maximum absolute atomic E-state index is 5.07. The summed E-state index contributed by atoms with van der Waals surface area (Å²) < 4.78 is 5.43. The Morgan fingerprint density at radius 2 is 1.57 bits per heavy atom. The Morgan fingerprint density at radius 3 is 2.07 bits per heavy atom. The van der Waals surface area contributed by atoms with E-state index in [0.29, 0.717) is 4.38 Å². The maximum atomic E-state index is 5.07. The van der Waals surface area contributed by atoms with Gasteiger partial charge in [-0.3, -0.25) is 0 Å². The first-order chi connectivity index (χ1) is 6.27. The fourth-order valence-corrected chi connectivity index (χ4v) is 1.39. The molecule has 0 aromatic carbocycles. The van der Waals surface area contributed by atoms with Crippen LogP contribution in [0, 0.1) is 0 Å². The van der Waals surface area contributed by atoms with Gasteiger partial charge in [-0.15, -0.1) is 0 Å². The molecule has 0 aliphatic carbocycles. The third-order valence-electron chi connectivity index (χ3n) is 1.97. The summed E-state index contributed by atoms with van der Waals surface area (Å²) in [6, 6.07) is 0. The summed E-state index contributed by atoms with van der Waals surface area (Å²) in [4.78, 5) is 0. The molecule has 0 unspecified atom stereocenters. The molecule has 0 N–H and O–H groups in total. The summed E-state index contributed by atoms with van der Waals surface area (Å²) in [6.45, 7) is 2.97. The van der Waals surface area contributed by atoms with Crippen LogP contribution in [0.3, 0.4) is 0 Å². The first-order valence-corrected chi connectivity index (χ1v) is 5.98. The van der Waals surface area contributed by atoms with Gasteiger partial charge in [0, 0.05) is 0 Å². The molecule has 0 heterocycles. The molecule has 0 saturated carbocycles. The normalized spacial score (nSPS) is 9.29. The van der Waals surface area contributed by atoms with Crippen LogP contribution < -0.4 is 0 Å². The molecule has 0 saturated heterocycles. The number of rotatable bonds is 8. The minimum atomic E-state index is 0. The third kappa shape index (κ3) is 16.3. The van der Waals surface area contributed by atoms with Crippen LogP contribution in [0.2, 0.25) is 0 Å². The predicted octanol–water partition coefficient (Wildman–Crippen LogP) is 3.32. The van der Waals surface area contributed by atoms with E-state index < -0.39 is 0 Å². The van der Waals surface area contributed by atoms with Gasteiger partial charge in [-0.05, 0) is 18.6 Å². The number of hydrogen-bond acceptors (Lipinski definition) is 2. The number of thiol groups is 1. The van der Waals surface area contributed by atoms with Crippen LogP contribution in [0.25, 0.3) is 0 Å². The number of ether oxygens (including phenoxy) is 1. The summed E-state index contributed by atoms with van der Waals surface area (Å²) in [6.07, 6.45) is 9.10. The zero-order valence-corrected chi connectivity index (χ0v) is 10.1. The Bertz CT molecular complexity index is 131. The molecule has 0 aliphatic rings. The monoisotopic (exact) mass is 260 g/mol. The van der Waals surface area contributed by atoms with Crippen LogP contribution in [-0.4, -0.2) is 62.4 Å². The molecule has 0 aromatic rings. The van der Waals surface area contributed by atoms with Crippen LogP contribution in [-0.2, 0) is 4.74 Å². The molecule has 0 radical (unpaired) electrons. The molecular weight excluding hydrogens is 239 g/mol. The van der Waals surface area contributed by atoms with Gasteiger partial charge in [-0.2, -0.15) is 0 Å². The fourth-order valence-electron chi connectivity index (χ4n) is 1.22. The SMILES string of the molecule is CCCCCCCCCOC(=S)S.[KH]. The molecule has 0 aliphatic heterocycles. The van der Waals surface area contributed by atoms with Gasteiger partial charge in [0.15, 0.2) is 0 Å². The van der Waals surface area contributed by atoms with Gasteiger partial charge < -0.3 is 4.74 Å². The number of hydrogen-bond donors (Lipinski definition) is 1. The van der Waals surface area contributed by atoms with Gasteiger partial charge in [0.2, 0.25) is 4.38 Å². The van der Waals surface area contributed by atoms with Crippen molar-refractivity contribution in [1.29, 1.82) is 0 Å². The molecule has 0 bridgehead atoms. The van der Waals surface area contributed by atoms with Crippen molar-refractivity contribution in [2.45, 2.75) is 51.9 Å². The van der Waals surface area contributed by atoms with E-state index in [9.17, 15) is 0 Å². The van der Waals surface area contributed by atoms with E-state index in [-0.39, 0.29) is 51.4 Å². The van der Waals surface area contributed by atoms with E-state index in [4.69, 9.17) is 4.74 Å². The van der Waals surface area contributed by atoms with E-state index in [1.54, 1.807) is 0 Å². The van der Waals surface area contributed by atoms with Crippen molar-refractivity contribution in [2.75, 3.05) is 6.61 Å². The van der Waals surface area contributed by atoms with Crippen molar-refractivity contribution in [3.8, 4) is 0 Å². The van der Waals surface area contributed by atoms with E-state index in [2.05, 4.69) is 31.8 Å². The van der Waals surface area contributed by atoms with Crippen LogP contribution >= 0.6 is 24.8 Å². The van der Waals surface area contributed by atoms with Crippen molar-refractivity contribution >= 4 is 80.6 Å². The Kier molecular flexibility index (Phi) is 19.4. The zero-order valence-electron chi connectivity index (χ0n) is 8.42. The van der Waals surface area contributed by atoms with Crippen LogP contribution in [0.15, 0.2) is 0 Å². The summed E-state index contributed by atoms with van der Waals surface area (Å²) in [7, 11) is 0. The predicted molar refractivity (Wildman–Crippen MR) is 72.7 cm³/mol. The number of unbranched alkanes of at least 4 members (excludes halogenated alkanes) is 6. The van der Waals surface area contributed by atoms with Crippen molar-refractivity contribution < 1.29 is 4.74 Å². The molecule has 80 valence electrons. The Hall–Kier alpha value is 1.88. The molecule has 0 atom stereocenters. The molecule has 0 rings (SSSR count). The van der Waals surface area contributed by atoms with E-state index in [0.717, 1.165) is 13.0 Å². The van der Waals surface area contributed by atoms with E-state index in [1.807, 2.05) is 0 Å². The van der Waals surface area contributed by atoms with Crippen molar-refractivity contribution in [3.63, 3.8) is 0 Å². The van der Waals surface area contributed by atoms with Gasteiger partial charge >= 0.3 is 51.4 Å². The minimum absolute atomic E-state index is 0.